The van der Waals surface area contributed by atoms with E-state index in [2.05, 4.69) is 21.3 Å². The van der Waals surface area contributed by atoms with E-state index >= 15 is 0 Å². The third-order valence-corrected chi connectivity index (χ3v) is 10.4. The average Bonchev–Trinajstić information content (AvgIpc) is 3.75. The number of benzene rings is 4. The van der Waals surface area contributed by atoms with Crippen LogP contribution in [0.15, 0.2) is 133 Å². The van der Waals surface area contributed by atoms with Crippen molar-refractivity contribution in [2.45, 2.75) is 56.3 Å². The number of carbonyl (C=O) groups excluding carboxylic acids is 4. The quantitative estimate of drug-likeness (QED) is 0.126. The lowest BCUT2D eigenvalue weighted by atomic mass is 9.99. The van der Waals surface area contributed by atoms with Crippen LogP contribution < -0.4 is 26.0 Å². The predicted octanol–water partition coefficient (Wildman–Crippen LogP) is 5.35. The number of carbonyl (C=O) groups is 5. The zero-order valence-corrected chi connectivity index (χ0v) is 32.0. The topological polar surface area (TPSA) is 163 Å². The Morgan fingerprint density at radius 1 is 0.684 bits per heavy atom. The molecular weight excluding hydrogens is 741 g/mol. The van der Waals surface area contributed by atoms with Crippen molar-refractivity contribution < 1.29 is 33.8 Å². The van der Waals surface area contributed by atoms with E-state index < -0.39 is 53.8 Å². The molecule has 12 heteroatoms. The Bertz CT molecular complexity index is 2140. The molecule has 0 spiro atoms. The number of aryl methyl sites for hydroxylation is 1. The van der Waals surface area contributed by atoms with Crippen molar-refractivity contribution in [2.24, 2.45) is 0 Å². The predicted molar refractivity (Wildman–Crippen MR) is 219 cm³/mol. The molecule has 0 saturated heterocycles. The summed E-state index contributed by atoms with van der Waals surface area (Å²) in [6.45, 7) is -0.365. The average molecular weight is 785 g/mol. The van der Waals surface area contributed by atoms with Gasteiger partial charge in [-0.2, -0.15) is 0 Å². The van der Waals surface area contributed by atoms with Gasteiger partial charge >= 0.3 is 5.97 Å². The van der Waals surface area contributed by atoms with Crippen LogP contribution >= 0.6 is 11.3 Å². The van der Waals surface area contributed by atoms with Gasteiger partial charge in [0.2, 0.25) is 17.7 Å². The number of fused-ring (bicyclic) bond motifs is 17. The summed E-state index contributed by atoms with van der Waals surface area (Å²) in [6, 6.07) is 32.7. The number of aliphatic carboxylic acids is 1. The van der Waals surface area contributed by atoms with Crippen LogP contribution in [0.5, 0.6) is 5.75 Å². The number of nitrogens with one attached hydrogen (secondary N) is 4. The minimum atomic E-state index is -1.25. The number of carboxylic acids is 1. The van der Waals surface area contributed by atoms with Crippen LogP contribution in [0.3, 0.4) is 0 Å². The van der Waals surface area contributed by atoms with Gasteiger partial charge in [0, 0.05) is 17.7 Å². The fourth-order valence-corrected chi connectivity index (χ4v) is 7.16. The third-order valence-electron chi connectivity index (χ3n) is 9.52. The van der Waals surface area contributed by atoms with Crippen LogP contribution in [-0.2, 0) is 43.2 Å². The molecule has 11 nitrogen and oxygen atoms in total. The number of hydrogen-bond acceptors (Lipinski definition) is 7. The van der Waals surface area contributed by atoms with Crippen LogP contribution in [0.2, 0.25) is 0 Å². The molecule has 2 bridgehead atoms. The first-order valence-electron chi connectivity index (χ1n) is 18.7. The maximum absolute atomic E-state index is 14.3. The Morgan fingerprint density at radius 3 is 1.98 bits per heavy atom. The molecule has 0 aliphatic carbocycles. The molecule has 57 heavy (non-hydrogen) atoms. The molecule has 4 aromatic carbocycles. The monoisotopic (exact) mass is 784 g/mol. The molecule has 5 N–H and O–H groups in total. The molecule has 2 aliphatic rings. The summed E-state index contributed by atoms with van der Waals surface area (Å²) in [7, 11) is 0. The van der Waals surface area contributed by atoms with Crippen LogP contribution in [0.1, 0.15) is 34.4 Å². The number of hydrogen-bond donors (Lipinski definition) is 5. The van der Waals surface area contributed by atoms with E-state index in [4.69, 9.17) is 4.74 Å². The van der Waals surface area contributed by atoms with Gasteiger partial charge in [-0.05, 0) is 70.7 Å². The lowest BCUT2D eigenvalue weighted by Gasteiger charge is -2.26. The van der Waals surface area contributed by atoms with E-state index in [9.17, 15) is 29.1 Å². The van der Waals surface area contributed by atoms with Crippen LogP contribution in [-0.4, -0.2) is 65.5 Å². The summed E-state index contributed by atoms with van der Waals surface area (Å²) >= 11 is 1.43. The Balaban J connectivity index is 1.32. The van der Waals surface area contributed by atoms with Gasteiger partial charge in [0.25, 0.3) is 5.91 Å². The Morgan fingerprint density at radius 2 is 1.32 bits per heavy atom. The van der Waals surface area contributed by atoms with Crippen LogP contribution in [0, 0.1) is 0 Å². The molecule has 1 aromatic heterocycles. The van der Waals surface area contributed by atoms with E-state index in [0.717, 1.165) is 32.7 Å². The van der Waals surface area contributed by atoms with Gasteiger partial charge in [-0.15, -0.1) is 11.3 Å². The number of rotatable bonds is 9. The van der Waals surface area contributed by atoms with Crippen molar-refractivity contribution in [3.05, 3.63) is 154 Å². The molecule has 292 valence electrons. The fraction of sp³-hybridized carbons (Fsp3) is 0.222. The maximum Gasteiger partial charge on any atom is 0.326 e. The lowest BCUT2D eigenvalue weighted by Crippen LogP contribution is -2.58. The first-order valence-corrected chi connectivity index (χ1v) is 19.6. The smallest absolute Gasteiger partial charge is 0.326 e. The summed E-state index contributed by atoms with van der Waals surface area (Å²) in [6.07, 6.45) is 4.19. The number of amides is 4. The minimum Gasteiger partial charge on any atom is -0.484 e. The molecule has 4 unspecified atom stereocenters. The van der Waals surface area contributed by atoms with Crippen LogP contribution in [0.25, 0.3) is 17.2 Å². The zero-order chi connectivity index (χ0) is 40.0. The fourth-order valence-electron chi connectivity index (χ4n) is 6.41. The first kappa shape index (κ1) is 40.1. The Kier molecular flexibility index (Phi) is 14.0. The summed E-state index contributed by atoms with van der Waals surface area (Å²) in [4.78, 5) is 68.8. The van der Waals surface area contributed by atoms with Gasteiger partial charge in [0.15, 0.2) is 6.61 Å². The first-order chi connectivity index (χ1) is 27.7. The molecule has 5 aromatic rings. The normalized spacial score (nSPS) is 19.8. The molecule has 7 rings (SSSR count). The number of ether oxygens (including phenoxy) is 1. The largest absolute Gasteiger partial charge is 0.484 e. The van der Waals surface area contributed by atoms with Crippen molar-refractivity contribution >= 4 is 47.0 Å². The highest BCUT2D eigenvalue weighted by Gasteiger charge is 2.32. The van der Waals surface area contributed by atoms with Crippen molar-refractivity contribution in [3.63, 3.8) is 0 Å². The molecule has 3 heterocycles. The molecule has 2 aliphatic heterocycles. The van der Waals surface area contributed by atoms with Crippen molar-refractivity contribution in [1.29, 1.82) is 0 Å². The van der Waals surface area contributed by atoms with E-state index in [1.54, 1.807) is 30.3 Å². The van der Waals surface area contributed by atoms with Gasteiger partial charge in [0.1, 0.15) is 29.9 Å². The van der Waals surface area contributed by atoms with Crippen LogP contribution in [0.4, 0.5) is 0 Å². The standard InChI is InChI=1S/C45H44N4O7S/c50-41-29-56-35-23-18-31(19-24-35)20-25-38(45(54)55)48-42(51)37(15-7-11-30-9-3-1-4-10-30)47-43(52)39(49-44(53)40(46-41)28-36-14-8-26-57-36)27-32-16-21-34(22-17-32)33-12-5-2-6-13-33/h1-14,16-19,21-24,26,37-40H,15,20,25,27-29H2,(H,46,50)(H,47,52)(H,48,51)(H,49,53)(H,54,55). The Labute approximate surface area is 335 Å². The number of thiophene rings is 1. The highest BCUT2D eigenvalue weighted by molar-refractivity contribution is 7.09. The lowest BCUT2D eigenvalue weighted by molar-refractivity contribution is -0.142. The highest BCUT2D eigenvalue weighted by atomic mass is 32.1. The van der Waals surface area contributed by atoms with Crippen molar-refractivity contribution in [2.75, 3.05) is 6.61 Å². The van der Waals surface area contributed by atoms with E-state index in [-0.39, 0.29) is 32.3 Å². The number of carboxylic acid groups (broad SMARTS) is 1. The van der Waals surface area contributed by atoms with Gasteiger partial charge in [-0.25, -0.2) is 4.79 Å². The second kappa shape index (κ2) is 19.9. The van der Waals surface area contributed by atoms with Gasteiger partial charge < -0.3 is 31.1 Å². The molecule has 4 amide bonds. The summed E-state index contributed by atoms with van der Waals surface area (Å²) in [5.41, 5.74) is 4.39. The molecular formula is C45H44N4O7S. The molecule has 4 atom stereocenters. The Hall–Kier alpha value is -6.53. The summed E-state index contributed by atoms with van der Waals surface area (Å²) < 4.78 is 5.71. The van der Waals surface area contributed by atoms with E-state index in [1.165, 1.54) is 11.3 Å². The highest BCUT2D eigenvalue weighted by Crippen LogP contribution is 2.21. The minimum absolute atomic E-state index is 0.0315. The molecule has 0 saturated carbocycles. The van der Waals surface area contributed by atoms with E-state index in [0.29, 0.717) is 12.2 Å². The van der Waals surface area contributed by atoms with E-state index in [1.807, 2.05) is 109 Å². The van der Waals surface area contributed by atoms with Gasteiger partial charge in [-0.1, -0.05) is 115 Å². The van der Waals surface area contributed by atoms with Gasteiger partial charge in [-0.3, -0.25) is 19.2 Å². The molecule has 0 radical (unpaired) electrons. The third kappa shape index (κ3) is 12.0. The zero-order valence-electron chi connectivity index (χ0n) is 31.1. The summed E-state index contributed by atoms with van der Waals surface area (Å²) in [5, 5.41) is 23.1. The van der Waals surface area contributed by atoms with Crippen molar-refractivity contribution in [3.8, 4) is 16.9 Å². The maximum atomic E-state index is 14.3. The van der Waals surface area contributed by atoms with Gasteiger partial charge in [0.05, 0.1) is 0 Å². The SMILES string of the molecule is O=C1COc2ccc(cc2)CCC(C(=O)O)NC(=O)C(CC=Cc2ccccc2)NC(=O)C(Cc2ccc(-c3ccccc3)cc2)NC(=O)C(Cc2cccs2)N1. The second-order valence-corrected chi connectivity index (χ2v) is 14.7. The second-order valence-electron chi connectivity index (χ2n) is 13.7. The summed E-state index contributed by atoms with van der Waals surface area (Å²) in [5.74, 6) is -3.29. The van der Waals surface area contributed by atoms with Crippen molar-refractivity contribution in [1.82, 2.24) is 21.3 Å². The molecule has 0 fully saturated rings.